The van der Waals surface area contributed by atoms with Gasteiger partial charge in [0.15, 0.2) is 11.5 Å². The van der Waals surface area contributed by atoms with E-state index in [-0.39, 0.29) is 5.69 Å². The van der Waals surface area contributed by atoms with Gasteiger partial charge in [0.05, 0.1) is 6.61 Å². The summed E-state index contributed by atoms with van der Waals surface area (Å²) in [7, 11) is 0. The number of rotatable bonds is 3. The van der Waals surface area contributed by atoms with Gasteiger partial charge >= 0.3 is 5.97 Å². The number of esters is 1. The smallest absolute Gasteiger partial charge is 0.358 e. The predicted octanol–water partition coefficient (Wildman–Crippen LogP) is 1.44. The Kier molecular flexibility index (Phi) is 2.95. The molecule has 2 heterocycles. The van der Waals surface area contributed by atoms with Crippen LogP contribution in [-0.4, -0.2) is 27.3 Å². The molecule has 0 saturated carbocycles. The van der Waals surface area contributed by atoms with Crippen molar-refractivity contribution in [3.05, 3.63) is 42.4 Å². The standard InChI is InChI=1S/C11H11N3O2/c1-2-16-11(15)9-6-8-14(13-9)10-5-3-4-7-12-10/h3-8H,2H2,1H3. The van der Waals surface area contributed by atoms with E-state index in [0.717, 1.165) is 0 Å². The maximum atomic E-state index is 11.4. The van der Waals surface area contributed by atoms with Gasteiger partial charge in [0.25, 0.3) is 0 Å². The van der Waals surface area contributed by atoms with Crippen LogP contribution in [0.1, 0.15) is 17.4 Å². The molecule has 0 bridgehead atoms. The fourth-order valence-electron chi connectivity index (χ4n) is 1.25. The Bertz CT molecular complexity index is 479. The molecule has 5 heteroatoms. The zero-order valence-electron chi connectivity index (χ0n) is 8.83. The highest BCUT2D eigenvalue weighted by atomic mass is 16.5. The number of hydrogen-bond donors (Lipinski definition) is 0. The highest BCUT2D eigenvalue weighted by Gasteiger charge is 2.10. The number of pyridine rings is 1. The van der Waals surface area contributed by atoms with E-state index in [1.165, 1.54) is 4.68 Å². The van der Waals surface area contributed by atoms with Crippen molar-refractivity contribution in [3.8, 4) is 5.82 Å². The SMILES string of the molecule is CCOC(=O)c1ccn(-c2ccccn2)n1. The van der Waals surface area contributed by atoms with E-state index < -0.39 is 5.97 Å². The van der Waals surface area contributed by atoms with Crippen LogP contribution >= 0.6 is 0 Å². The number of carbonyl (C=O) groups is 1. The summed E-state index contributed by atoms with van der Waals surface area (Å²) >= 11 is 0. The topological polar surface area (TPSA) is 57.0 Å². The molecule has 0 spiro atoms. The number of ether oxygens (including phenoxy) is 1. The van der Waals surface area contributed by atoms with Gasteiger partial charge in [-0.05, 0) is 25.1 Å². The Balaban J connectivity index is 2.23. The number of nitrogens with zero attached hydrogens (tertiary/aromatic N) is 3. The Morgan fingerprint density at radius 1 is 1.44 bits per heavy atom. The zero-order valence-corrected chi connectivity index (χ0v) is 8.83. The van der Waals surface area contributed by atoms with E-state index in [2.05, 4.69) is 10.1 Å². The quantitative estimate of drug-likeness (QED) is 0.730. The van der Waals surface area contributed by atoms with Crippen LogP contribution < -0.4 is 0 Å². The van der Waals surface area contributed by atoms with Gasteiger partial charge in [0.1, 0.15) is 0 Å². The molecule has 5 nitrogen and oxygen atoms in total. The summed E-state index contributed by atoms with van der Waals surface area (Å²) in [6.07, 6.45) is 3.34. The third-order valence-electron chi connectivity index (χ3n) is 1.96. The molecule has 0 radical (unpaired) electrons. The van der Waals surface area contributed by atoms with E-state index in [4.69, 9.17) is 4.74 Å². The average Bonchev–Trinajstić information content (AvgIpc) is 2.80. The lowest BCUT2D eigenvalue weighted by Crippen LogP contribution is -2.07. The molecule has 0 amide bonds. The summed E-state index contributed by atoms with van der Waals surface area (Å²) in [6, 6.07) is 7.09. The molecule has 0 aliphatic heterocycles. The number of aromatic nitrogens is 3. The van der Waals surface area contributed by atoms with Gasteiger partial charge in [-0.3, -0.25) is 0 Å². The van der Waals surface area contributed by atoms with Gasteiger partial charge < -0.3 is 4.74 Å². The third kappa shape index (κ3) is 2.08. The number of hydrogen-bond acceptors (Lipinski definition) is 4. The van der Waals surface area contributed by atoms with Crippen molar-refractivity contribution in [2.24, 2.45) is 0 Å². The van der Waals surface area contributed by atoms with E-state index >= 15 is 0 Å². The highest BCUT2D eigenvalue weighted by Crippen LogP contribution is 2.04. The van der Waals surface area contributed by atoms with Crippen LogP contribution in [0.25, 0.3) is 5.82 Å². The molecule has 0 N–H and O–H groups in total. The Labute approximate surface area is 92.7 Å². The van der Waals surface area contributed by atoms with Gasteiger partial charge in [-0.2, -0.15) is 5.10 Å². The van der Waals surface area contributed by atoms with Crippen molar-refractivity contribution in [3.63, 3.8) is 0 Å². The molecule has 0 atom stereocenters. The van der Waals surface area contributed by atoms with E-state index in [0.29, 0.717) is 12.4 Å². The normalized spacial score (nSPS) is 10.1. The molecule has 0 fully saturated rings. The second-order valence-corrected chi connectivity index (χ2v) is 3.05. The van der Waals surface area contributed by atoms with Gasteiger partial charge in [0, 0.05) is 12.4 Å². The first kappa shape index (κ1) is 10.4. The molecule has 0 saturated heterocycles. The Morgan fingerprint density at radius 2 is 2.31 bits per heavy atom. The van der Waals surface area contributed by atoms with Crippen LogP contribution in [0.4, 0.5) is 0 Å². The molecule has 2 aromatic rings. The second-order valence-electron chi connectivity index (χ2n) is 3.05. The van der Waals surface area contributed by atoms with Crippen LogP contribution in [0.15, 0.2) is 36.7 Å². The molecule has 2 rings (SSSR count). The zero-order chi connectivity index (χ0) is 11.4. The molecular weight excluding hydrogens is 206 g/mol. The summed E-state index contributed by atoms with van der Waals surface area (Å²) < 4.78 is 6.38. The first-order chi connectivity index (χ1) is 7.81. The van der Waals surface area contributed by atoms with Crippen molar-refractivity contribution in [2.75, 3.05) is 6.61 Å². The maximum absolute atomic E-state index is 11.4. The lowest BCUT2D eigenvalue weighted by molar-refractivity contribution is 0.0519. The van der Waals surface area contributed by atoms with E-state index in [1.54, 1.807) is 25.4 Å². The molecule has 16 heavy (non-hydrogen) atoms. The van der Waals surface area contributed by atoms with Crippen molar-refractivity contribution < 1.29 is 9.53 Å². The lowest BCUT2D eigenvalue weighted by Gasteiger charge is -1.99. The van der Waals surface area contributed by atoms with Gasteiger partial charge in [-0.1, -0.05) is 6.07 Å². The first-order valence-electron chi connectivity index (χ1n) is 4.95. The predicted molar refractivity (Wildman–Crippen MR) is 57.3 cm³/mol. The monoisotopic (exact) mass is 217 g/mol. The van der Waals surface area contributed by atoms with Crippen LogP contribution in [0.3, 0.4) is 0 Å². The summed E-state index contributed by atoms with van der Waals surface area (Å²) in [5, 5.41) is 4.08. The Morgan fingerprint density at radius 3 is 3.00 bits per heavy atom. The van der Waals surface area contributed by atoms with Gasteiger partial charge in [-0.15, -0.1) is 0 Å². The minimum absolute atomic E-state index is 0.285. The molecular formula is C11H11N3O2. The van der Waals surface area contributed by atoms with Crippen LogP contribution in [0.2, 0.25) is 0 Å². The van der Waals surface area contributed by atoms with Crippen LogP contribution in [0, 0.1) is 0 Å². The summed E-state index contributed by atoms with van der Waals surface area (Å²) in [4.78, 5) is 15.5. The number of carbonyl (C=O) groups excluding carboxylic acids is 1. The molecule has 2 aromatic heterocycles. The van der Waals surface area contributed by atoms with Gasteiger partial charge in [-0.25, -0.2) is 14.5 Å². The summed E-state index contributed by atoms with van der Waals surface area (Å²) in [5.41, 5.74) is 0.285. The summed E-state index contributed by atoms with van der Waals surface area (Å²) in [5.74, 6) is 0.246. The molecule has 0 aliphatic rings. The van der Waals surface area contributed by atoms with Crippen molar-refractivity contribution in [2.45, 2.75) is 6.92 Å². The van der Waals surface area contributed by atoms with Crippen molar-refractivity contribution in [1.29, 1.82) is 0 Å². The van der Waals surface area contributed by atoms with Crippen molar-refractivity contribution in [1.82, 2.24) is 14.8 Å². The first-order valence-corrected chi connectivity index (χ1v) is 4.95. The largest absolute Gasteiger partial charge is 0.461 e. The minimum atomic E-state index is -0.419. The highest BCUT2D eigenvalue weighted by molar-refractivity contribution is 5.87. The van der Waals surface area contributed by atoms with Crippen molar-refractivity contribution >= 4 is 5.97 Å². The molecule has 0 aliphatic carbocycles. The van der Waals surface area contributed by atoms with Crippen LogP contribution in [0.5, 0.6) is 0 Å². The minimum Gasteiger partial charge on any atom is -0.461 e. The van der Waals surface area contributed by atoms with E-state index in [9.17, 15) is 4.79 Å². The molecule has 0 unspecified atom stereocenters. The Hall–Kier alpha value is -2.17. The fraction of sp³-hybridized carbons (Fsp3) is 0.182. The lowest BCUT2D eigenvalue weighted by atomic mass is 10.4. The molecule has 0 aromatic carbocycles. The fourth-order valence-corrected chi connectivity index (χ4v) is 1.25. The average molecular weight is 217 g/mol. The summed E-state index contributed by atoms with van der Waals surface area (Å²) in [6.45, 7) is 2.10. The molecule has 82 valence electrons. The second kappa shape index (κ2) is 4.57. The van der Waals surface area contributed by atoms with Gasteiger partial charge in [0.2, 0.25) is 0 Å². The third-order valence-corrected chi connectivity index (χ3v) is 1.96. The maximum Gasteiger partial charge on any atom is 0.358 e. The van der Waals surface area contributed by atoms with Crippen LogP contribution in [-0.2, 0) is 4.74 Å². The van der Waals surface area contributed by atoms with E-state index in [1.807, 2.05) is 18.2 Å².